The number of halogens is 1. The van der Waals surface area contributed by atoms with E-state index in [4.69, 9.17) is 4.74 Å². The molecule has 1 fully saturated rings. The lowest BCUT2D eigenvalue weighted by molar-refractivity contribution is 0.0853. The zero-order valence-corrected chi connectivity index (χ0v) is 14.6. The molecule has 3 heterocycles. The van der Waals surface area contributed by atoms with Crippen LogP contribution in [0.3, 0.4) is 0 Å². The fraction of sp³-hybridized carbons (Fsp3) is 0.250. The molecule has 0 bridgehead atoms. The molecule has 1 aromatic carbocycles. The Morgan fingerprint density at radius 1 is 1.30 bits per heavy atom. The Morgan fingerprint density at radius 2 is 2.15 bits per heavy atom. The summed E-state index contributed by atoms with van der Waals surface area (Å²) in [6, 6.07) is 11.4. The third-order valence-electron chi connectivity index (χ3n) is 4.48. The Kier molecular flexibility index (Phi) is 4.93. The molecule has 138 valence electrons. The number of rotatable bonds is 5. The van der Waals surface area contributed by atoms with E-state index < -0.39 is 0 Å². The molecule has 1 aliphatic heterocycles. The number of benzene rings is 1. The molecule has 0 radical (unpaired) electrons. The summed E-state index contributed by atoms with van der Waals surface area (Å²) < 4.78 is 20.4. The van der Waals surface area contributed by atoms with Gasteiger partial charge in [-0.1, -0.05) is 0 Å². The van der Waals surface area contributed by atoms with Crippen LogP contribution in [0.25, 0.3) is 16.9 Å². The van der Waals surface area contributed by atoms with Crippen LogP contribution in [0.1, 0.15) is 23.3 Å². The van der Waals surface area contributed by atoms with Gasteiger partial charge in [0.05, 0.1) is 17.5 Å². The maximum absolute atomic E-state index is 13.3. The van der Waals surface area contributed by atoms with Crippen LogP contribution in [0.4, 0.5) is 4.39 Å². The largest absolute Gasteiger partial charge is 0.376 e. The van der Waals surface area contributed by atoms with Gasteiger partial charge >= 0.3 is 0 Å². The molecule has 6 nitrogen and oxygen atoms in total. The van der Waals surface area contributed by atoms with Crippen LogP contribution in [0.2, 0.25) is 0 Å². The Bertz CT molecular complexity index is 919. The molecule has 0 spiro atoms. The van der Waals surface area contributed by atoms with Gasteiger partial charge in [0.15, 0.2) is 5.69 Å². The molecule has 1 N–H and O–H groups in total. The van der Waals surface area contributed by atoms with E-state index in [1.54, 1.807) is 35.3 Å². The smallest absolute Gasteiger partial charge is 0.271 e. The highest BCUT2D eigenvalue weighted by Gasteiger charge is 2.20. The lowest BCUT2D eigenvalue weighted by atomic mass is 10.2. The number of hydrogen-bond donors (Lipinski definition) is 1. The van der Waals surface area contributed by atoms with Gasteiger partial charge < -0.3 is 10.1 Å². The molecule has 1 amide bonds. The fourth-order valence-corrected chi connectivity index (χ4v) is 3.09. The highest BCUT2D eigenvalue weighted by molar-refractivity contribution is 5.93. The summed E-state index contributed by atoms with van der Waals surface area (Å²) in [5.74, 6) is -0.597. The van der Waals surface area contributed by atoms with E-state index >= 15 is 0 Å². The molecule has 1 aliphatic rings. The van der Waals surface area contributed by atoms with Gasteiger partial charge in [-0.05, 0) is 55.3 Å². The van der Waals surface area contributed by atoms with Gasteiger partial charge in [-0.25, -0.2) is 9.07 Å². The number of ether oxygens (including phenoxy) is 1. The van der Waals surface area contributed by atoms with E-state index in [0.29, 0.717) is 17.9 Å². The first kappa shape index (κ1) is 17.4. The van der Waals surface area contributed by atoms with Gasteiger partial charge in [0.2, 0.25) is 0 Å². The zero-order valence-electron chi connectivity index (χ0n) is 14.6. The minimum atomic E-state index is -0.330. The summed E-state index contributed by atoms with van der Waals surface area (Å²) in [5.41, 5.74) is 2.47. The van der Waals surface area contributed by atoms with Crippen LogP contribution in [-0.4, -0.2) is 39.9 Å². The normalized spacial score (nSPS) is 16.4. The van der Waals surface area contributed by atoms with Gasteiger partial charge in [-0.15, -0.1) is 0 Å². The third-order valence-corrected chi connectivity index (χ3v) is 4.48. The van der Waals surface area contributed by atoms with Crippen molar-refractivity contribution in [1.29, 1.82) is 0 Å². The Balaban J connectivity index is 1.64. The van der Waals surface area contributed by atoms with Crippen molar-refractivity contribution in [3.05, 3.63) is 66.4 Å². The highest BCUT2D eigenvalue weighted by atomic mass is 19.1. The summed E-state index contributed by atoms with van der Waals surface area (Å²) >= 11 is 0. The first-order valence-corrected chi connectivity index (χ1v) is 8.87. The number of pyridine rings is 1. The third kappa shape index (κ3) is 3.88. The second-order valence-electron chi connectivity index (χ2n) is 6.39. The van der Waals surface area contributed by atoms with Crippen LogP contribution in [0, 0.1) is 5.82 Å². The molecule has 7 heteroatoms. The maximum atomic E-state index is 13.3. The molecule has 0 saturated carbocycles. The lowest BCUT2D eigenvalue weighted by Gasteiger charge is -2.09. The number of nitrogens with one attached hydrogen (secondary N) is 1. The monoisotopic (exact) mass is 366 g/mol. The van der Waals surface area contributed by atoms with Crippen LogP contribution < -0.4 is 5.32 Å². The predicted octanol–water partition coefficient (Wildman–Crippen LogP) is 2.98. The molecule has 1 atom stereocenters. The van der Waals surface area contributed by atoms with Gasteiger partial charge in [-0.2, -0.15) is 5.10 Å². The number of nitrogens with zero attached hydrogens (tertiary/aromatic N) is 3. The summed E-state index contributed by atoms with van der Waals surface area (Å²) in [6.45, 7) is 1.20. The number of amides is 1. The standard InChI is InChI=1S/C20H19FN4O2/c21-15-5-7-16(8-6-15)25-19(14-3-1-9-22-12-14)11-18(24-25)20(26)23-13-17-4-2-10-27-17/h1,3,5-9,11-12,17H,2,4,10,13H2,(H,23,26)/t17-/m0/s1. The minimum Gasteiger partial charge on any atom is -0.376 e. The van der Waals surface area contributed by atoms with Crippen molar-refractivity contribution in [3.8, 4) is 16.9 Å². The summed E-state index contributed by atoms with van der Waals surface area (Å²) in [5, 5.41) is 7.32. The maximum Gasteiger partial charge on any atom is 0.271 e. The number of carbonyl (C=O) groups excluding carboxylic acids is 1. The minimum absolute atomic E-state index is 0.0610. The summed E-state index contributed by atoms with van der Waals surface area (Å²) in [7, 11) is 0. The van der Waals surface area contributed by atoms with Crippen LogP contribution in [-0.2, 0) is 4.74 Å². The van der Waals surface area contributed by atoms with E-state index in [9.17, 15) is 9.18 Å². The molecular formula is C20H19FN4O2. The Labute approximate surface area is 156 Å². The second kappa shape index (κ2) is 7.67. The molecule has 2 aromatic heterocycles. The van der Waals surface area contributed by atoms with Crippen molar-refractivity contribution >= 4 is 5.91 Å². The molecule has 3 aromatic rings. The number of aromatic nitrogens is 3. The van der Waals surface area contributed by atoms with Gasteiger partial charge in [0.25, 0.3) is 5.91 Å². The summed E-state index contributed by atoms with van der Waals surface area (Å²) in [4.78, 5) is 16.7. The quantitative estimate of drug-likeness (QED) is 0.754. The second-order valence-corrected chi connectivity index (χ2v) is 6.39. The van der Waals surface area contributed by atoms with Crippen LogP contribution in [0.15, 0.2) is 54.9 Å². The van der Waals surface area contributed by atoms with Crippen molar-refractivity contribution in [2.24, 2.45) is 0 Å². The number of carbonyl (C=O) groups is 1. The van der Waals surface area contributed by atoms with Crippen LogP contribution in [0.5, 0.6) is 0 Å². The predicted molar refractivity (Wildman–Crippen MR) is 98.1 cm³/mol. The van der Waals surface area contributed by atoms with E-state index in [1.165, 1.54) is 12.1 Å². The molecule has 0 unspecified atom stereocenters. The first-order valence-electron chi connectivity index (χ1n) is 8.87. The van der Waals surface area contributed by atoms with Crippen LogP contribution >= 0.6 is 0 Å². The van der Waals surface area contributed by atoms with Crippen molar-refractivity contribution < 1.29 is 13.9 Å². The lowest BCUT2D eigenvalue weighted by Crippen LogP contribution is -2.32. The average molecular weight is 366 g/mol. The highest BCUT2D eigenvalue weighted by Crippen LogP contribution is 2.23. The molecule has 4 rings (SSSR count). The topological polar surface area (TPSA) is 69.0 Å². The van der Waals surface area contributed by atoms with E-state index in [-0.39, 0.29) is 23.5 Å². The molecule has 1 saturated heterocycles. The van der Waals surface area contributed by atoms with Gasteiger partial charge in [0, 0.05) is 31.1 Å². The van der Waals surface area contributed by atoms with Crippen molar-refractivity contribution in [3.63, 3.8) is 0 Å². The van der Waals surface area contributed by atoms with Crippen molar-refractivity contribution in [2.75, 3.05) is 13.2 Å². The fourth-order valence-electron chi connectivity index (χ4n) is 3.09. The average Bonchev–Trinajstić information content (AvgIpc) is 3.37. The van der Waals surface area contributed by atoms with E-state index in [0.717, 1.165) is 25.0 Å². The first-order chi connectivity index (χ1) is 13.2. The van der Waals surface area contributed by atoms with Crippen molar-refractivity contribution in [2.45, 2.75) is 18.9 Å². The molecule has 27 heavy (non-hydrogen) atoms. The Morgan fingerprint density at radius 3 is 2.85 bits per heavy atom. The molecular weight excluding hydrogens is 347 g/mol. The van der Waals surface area contributed by atoms with E-state index in [2.05, 4.69) is 15.4 Å². The summed E-state index contributed by atoms with van der Waals surface area (Å²) in [6.07, 6.45) is 5.41. The molecule has 0 aliphatic carbocycles. The van der Waals surface area contributed by atoms with Crippen molar-refractivity contribution in [1.82, 2.24) is 20.1 Å². The number of hydrogen-bond acceptors (Lipinski definition) is 4. The SMILES string of the molecule is O=C(NC[C@@H]1CCCO1)c1cc(-c2cccnc2)n(-c2ccc(F)cc2)n1. The van der Waals surface area contributed by atoms with E-state index in [1.807, 2.05) is 12.1 Å². The zero-order chi connectivity index (χ0) is 18.6. The van der Waals surface area contributed by atoms with Gasteiger partial charge in [-0.3, -0.25) is 9.78 Å². The Hall–Kier alpha value is -3.06. The van der Waals surface area contributed by atoms with Gasteiger partial charge in [0.1, 0.15) is 5.82 Å².